The predicted molar refractivity (Wildman–Crippen MR) is 118 cm³/mol. The maximum Gasteiger partial charge on any atom is 0.0541 e. The second-order valence-corrected chi connectivity index (χ2v) is 9.63. The molecule has 0 spiro atoms. The van der Waals surface area contributed by atoms with Crippen LogP contribution in [0.5, 0.6) is 0 Å². The van der Waals surface area contributed by atoms with Crippen LogP contribution in [0.1, 0.15) is 52.7 Å². The summed E-state index contributed by atoms with van der Waals surface area (Å²) in [6.45, 7) is 13.6. The second kappa shape index (κ2) is 5.99. The lowest BCUT2D eigenvalue weighted by atomic mass is 9.86. The van der Waals surface area contributed by atoms with E-state index < -0.39 is 0 Å². The van der Waals surface area contributed by atoms with Crippen LogP contribution in [0.4, 0.5) is 0 Å². The van der Waals surface area contributed by atoms with Crippen molar-refractivity contribution in [2.45, 2.75) is 52.4 Å². The Labute approximate surface area is 162 Å². The van der Waals surface area contributed by atoms with Crippen molar-refractivity contribution < 1.29 is 0 Å². The molecule has 27 heavy (non-hydrogen) atoms. The maximum absolute atomic E-state index is 2.41. The van der Waals surface area contributed by atoms with Crippen molar-refractivity contribution in [2.24, 2.45) is 0 Å². The summed E-state index contributed by atoms with van der Waals surface area (Å²) in [7, 11) is 0. The molecule has 0 radical (unpaired) electrons. The van der Waals surface area contributed by atoms with E-state index in [1.807, 2.05) is 0 Å². The van der Waals surface area contributed by atoms with Gasteiger partial charge in [0.2, 0.25) is 0 Å². The highest BCUT2D eigenvalue weighted by Crippen LogP contribution is 2.35. The average molecular weight is 356 g/mol. The van der Waals surface area contributed by atoms with E-state index in [1.165, 1.54) is 38.6 Å². The number of benzene rings is 3. The van der Waals surface area contributed by atoms with Gasteiger partial charge in [-0.3, -0.25) is 0 Å². The molecule has 1 heterocycles. The maximum atomic E-state index is 2.41. The molecule has 3 aromatic carbocycles. The fourth-order valence-corrected chi connectivity index (χ4v) is 3.83. The van der Waals surface area contributed by atoms with Crippen LogP contribution in [-0.4, -0.2) is 4.57 Å². The summed E-state index contributed by atoms with van der Waals surface area (Å²) in [5, 5.41) is 2.65. The fourth-order valence-electron chi connectivity index (χ4n) is 3.83. The Balaban J connectivity index is 2.06. The van der Waals surface area contributed by atoms with Gasteiger partial charge < -0.3 is 4.57 Å². The van der Waals surface area contributed by atoms with Crippen LogP contribution >= 0.6 is 0 Å². The normalized spacial score (nSPS) is 12.8. The van der Waals surface area contributed by atoms with E-state index >= 15 is 0 Å². The Kier molecular flexibility index (Phi) is 3.96. The minimum absolute atomic E-state index is 0.133. The number of para-hydroxylation sites is 1. The van der Waals surface area contributed by atoms with Gasteiger partial charge in [0.15, 0.2) is 0 Å². The lowest BCUT2D eigenvalue weighted by Crippen LogP contribution is -2.11. The number of hydrogen-bond acceptors (Lipinski definition) is 0. The summed E-state index contributed by atoms with van der Waals surface area (Å²) >= 11 is 0. The lowest BCUT2D eigenvalue weighted by molar-refractivity contribution is 0.589. The second-order valence-electron chi connectivity index (χ2n) is 9.63. The zero-order chi connectivity index (χ0) is 19.4. The number of rotatable bonds is 1. The molecule has 4 aromatic rings. The molecule has 0 aliphatic heterocycles. The zero-order valence-corrected chi connectivity index (χ0v) is 17.3. The van der Waals surface area contributed by atoms with Gasteiger partial charge in [-0.1, -0.05) is 77.9 Å². The standard InChI is InChI=1S/C26H29N/c1-25(2,3)18-10-9-11-20(16-18)27-23-13-8-7-12-21(23)22-17-19(26(4,5)6)14-15-24(22)27/h7-17H,1-6H3. The summed E-state index contributed by atoms with van der Waals surface area (Å²) in [5.74, 6) is 0. The molecule has 0 saturated heterocycles. The molecule has 1 nitrogen and oxygen atoms in total. The van der Waals surface area contributed by atoms with Gasteiger partial charge in [-0.2, -0.15) is 0 Å². The molecule has 138 valence electrons. The Morgan fingerprint density at radius 2 is 1.19 bits per heavy atom. The first-order valence-electron chi connectivity index (χ1n) is 9.81. The van der Waals surface area contributed by atoms with Gasteiger partial charge >= 0.3 is 0 Å². The van der Waals surface area contributed by atoms with Gasteiger partial charge in [0, 0.05) is 16.5 Å². The van der Waals surface area contributed by atoms with Crippen molar-refractivity contribution in [3.05, 3.63) is 77.9 Å². The molecule has 0 fully saturated rings. The van der Waals surface area contributed by atoms with E-state index in [0.29, 0.717) is 0 Å². The van der Waals surface area contributed by atoms with Crippen LogP contribution in [0.15, 0.2) is 66.7 Å². The largest absolute Gasteiger partial charge is 0.309 e. The van der Waals surface area contributed by atoms with Crippen LogP contribution in [0.2, 0.25) is 0 Å². The van der Waals surface area contributed by atoms with Crippen molar-refractivity contribution in [1.29, 1.82) is 0 Å². The number of nitrogens with zero attached hydrogens (tertiary/aromatic N) is 1. The molecular weight excluding hydrogens is 326 g/mol. The van der Waals surface area contributed by atoms with Gasteiger partial charge in [-0.05, 0) is 52.3 Å². The molecule has 1 heteroatoms. The van der Waals surface area contributed by atoms with E-state index in [1.54, 1.807) is 0 Å². The Morgan fingerprint density at radius 1 is 0.556 bits per heavy atom. The first-order valence-corrected chi connectivity index (χ1v) is 9.81. The highest BCUT2D eigenvalue weighted by molar-refractivity contribution is 6.09. The Hall–Kier alpha value is -2.54. The lowest BCUT2D eigenvalue weighted by Gasteiger charge is -2.21. The molecule has 4 rings (SSSR count). The van der Waals surface area contributed by atoms with Crippen molar-refractivity contribution in [2.75, 3.05) is 0 Å². The molecule has 0 atom stereocenters. The van der Waals surface area contributed by atoms with Gasteiger partial charge in [0.25, 0.3) is 0 Å². The molecule has 0 bridgehead atoms. The summed E-state index contributed by atoms with van der Waals surface area (Å²) < 4.78 is 2.41. The van der Waals surface area contributed by atoms with E-state index in [4.69, 9.17) is 0 Å². The van der Waals surface area contributed by atoms with E-state index in [2.05, 4.69) is 113 Å². The highest BCUT2D eigenvalue weighted by Gasteiger charge is 2.19. The third-order valence-electron chi connectivity index (χ3n) is 5.51. The van der Waals surface area contributed by atoms with Crippen molar-refractivity contribution in [3.63, 3.8) is 0 Å². The third-order valence-corrected chi connectivity index (χ3v) is 5.51. The van der Waals surface area contributed by atoms with E-state index in [9.17, 15) is 0 Å². The summed E-state index contributed by atoms with van der Waals surface area (Å²) in [4.78, 5) is 0. The van der Waals surface area contributed by atoms with Gasteiger partial charge in [0.1, 0.15) is 0 Å². The van der Waals surface area contributed by atoms with Crippen molar-refractivity contribution in [3.8, 4) is 5.69 Å². The van der Waals surface area contributed by atoms with Crippen LogP contribution in [-0.2, 0) is 10.8 Å². The predicted octanol–water partition coefficient (Wildman–Crippen LogP) is 7.38. The SMILES string of the molecule is CC(C)(C)c1cccc(-n2c3ccccc3c3cc(C(C)(C)C)ccc32)c1. The Morgan fingerprint density at radius 3 is 1.89 bits per heavy atom. The fraction of sp³-hybridized carbons (Fsp3) is 0.308. The minimum atomic E-state index is 0.133. The topological polar surface area (TPSA) is 4.93 Å². The molecule has 1 aromatic heterocycles. The number of hydrogen-bond donors (Lipinski definition) is 0. The molecule has 0 unspecified atom stereocenters. The van der Waals surface area contributed by atoms with Crippen LogP contribution in [0.25, 0.3) is 27.5 Å². The van der Waals surface area contributed by atoms with Gasteiger partial charge in [0.05, 0.1) is 11.0 Å². The zero-order valence-electron chi connectivity index (χ0n) is 17.3. The molecular formula is C26H29N. The van der Waals surface area contributed by atoms with E-state index in [0.717, 1.165) is 0 Å². The minimum Gasteiger partial charge on any atom is -0.309 e. The first kappa shape index (κ1) is 17.9. The van der Waals surface area contributed by atoms with E-state index in [-0.39, 0.29) is 10.8 Å². The first-order chi connectivity index (χ1) is 12.7. The van der Waals surface area contributed by atoms with Gasteiger partial charge in [-0.25, -0.2) is 0 Å². The molecule has 0 aliphatic carbocycles. The van der Waals surface area contributed by atoms with Crippen molar-refractivity contribution >= 4 is 21.8 Å². The third kappa shape index (κ3) is 3.06. The highest BCUT2D eigenvalue weighted by atomic mass is 15.0. The van der Waals surface area contributed by atoms with Crippen LogP contribution < -0.4 is 0 Å². The molecule has 0 amide bonds. The summed E-state index contributed by atoms with van der Waals surface area (Å²) in [6.07, 6.45) is 0. The monoisotopic (exact) mass is 355 g/mol. The Bertz CT molecular complexity index is 1130. The van der Waals surface area contributed by atoms with Crippen LogP contribution in [0.3, 0.4) is 0 Å². The summed E-state index contributed by atoms with van der Waals surface area (Å²) in [5.41, 5.74) is 6.79. The molecule has 0 aliphatic rings. The number of fused-ring (bicyclic) bond motifs is 3. The smallest absolute Gasteiger partial charge is 0.0541 e. The van der Waals surface area contributed by atoms with Crippen molar-refractivity contribution in [1.82, 2.24) is 4.57 Å². The van der Waals surface area contributed by atoms with Crippen LogP contribution in [0, 0.1) is 0 Å². The number of aromatic nitrogens is 1. The van der Waals surface area contributed by atoms with Gasteiger partial charge in [-0.15, -0.1) is 0 Å². The molecule has 0 N–H and O–H groups in total. The average Bonchev–Trinajstić information content (AvgIpc) is 2.94. The molecule has 0 saturated carbocycles. The quantitative estimate of drug-likeness (QED) is 0.336. The summed E-state index contributed by atoms with van der Waals surface area (Å²) in [6, 6.07) is 24.7.